The number of methoxy groups -OCH3 is 2. The number of aromatic nitrogens is 4. The maximum atomic E-state index is 15.1. The summed E-state index contributed by atoms with van der Waals surface area (Å²) in [5, 5.41) is 14.3. The fraction of sp³-hybridized carbons (Fsp3) is 0.148. The van der Waals surface area contributed by atoms with Gasteiger partial charge in [0.05, 0.1) is 48.7 Å². The lowest BCUT2D eigenvalue weighted by molar-refractivity contribution is 0.0857. The molecule has 0 fully saturated rings. The summed E-state index contributed by atoms with van der Waals surface area (Å²) in [6, 6.07) is 43.1. The molecule has 2 aromatic heterocycles. The van der Waals surface area contributed by atoms with Crippen LogP contribution in [0.1, 0.15) is 59.8 Å². The Morgan fingerprint density at radius 3 is 2.23 bits per heavy atom. The van der Waals surface area contributed by atoms with Crippen molar-refractivity contribution in [2.45, 2.75) is 38.5 Å². The number of carbonyl (C=O) groups is 1. The van der Waals surface area contributed by atoms with Crippen molar-refractivity contribution in [3.8, 4) is 28.7 Å². The van der Waals surface area contributed by atoms with Crippen LogP contribution in [0, 0.1) is 11.6 Å². The zero-order valence-electron chi connectivity index (χ0n) is 37.9. The van der Waals surface area contributed by atoms with Gasteiger partial charge in [-0.25, -0.2) is 18.4 Å². The summed E-state index contributed by atoms with van der Waals surface area (Å²) in [5.41, 5.74) is 6.15. The molecule has 12 nitrogen and oxygen atoms in total. The number of quaternary nitrogens is 1. The van der Waals surface area contributed by atoms with Crippen LogP contribution in [-0.4, -0.2) is 51.8 Å². The van der Waals surface area contributed by atoms with E-state index in [1.807, 2.05) is 111 Å². The molecule has 1 amide bonds. The minimum atomic E-state index is -0.740. The number of ether oxygens (including phenoxy) is 4. The van der Waals surface area contributed by atoms with E-state index in [0.717, 1.165) is 22.0 Å². The molecule has 1 unspecified atom stereocenters. The minimum Gasteiger partial charge on any atom is -0.497 e. The number of hydrogen-bond donors (Lipinski definition) is 1. The maximum absolute atomic E-state index is 15.1. The van der Waals surface area contributed by atoms with Crippen LogP contribution in [0.4, 0.5) is 20.2 Å². The monoisotopic (exact) mass is 944 g/mol. The van der Waals surface area contributed by atoms with Gasteiger partial charge in [-0.3, -0.25) is 4.79 Å². The van der Waals surface area contributed by atoms with Gasteiger partial charge in [0.15, 0.2) is 11.4 Å². The molecule has 0 radical (unpaired) electrons. The van der Waals surface area contributed by atoms with Gasteiger partial charge in [0, 0.05) is 28.6 Å². The van der Waals surface area contributed by atoms with Gasteiger partial charge in [0.1, 0.15) is 58.6 Å². The fourth-order valence-corrected chi connectivity index (χ4v) is 9.10. The number of fused-ring (bicyclic) bond motifs is 3. The van der Waals surface area contributed by atoms with Gasteiger partial charge in [0.2, 0.25) is 0 Å². The number of halogens is 3. The molecule has 0 saturated heterocycles. The van der Waals surface area contributed by atoms with Crippen molar-refractivity contribution >= 4 is 57.0 Å². The normalized spacial score (nSPS) is 15.4. The van der Waals surface area contributed by atoms with Gasteiger partial charge in [-0.2, -0.15) is 5.10 Å². The first-order chi connectivity index (χ1) is 33.5. The second kappa shape index (κ2) is 18.5. The van der Waals surface area contributed by atoms with Crippen molar-refractivity contribution in [2.24, 2.45) is 5.10 Å². The molecule has 0 saturated carbocycles. The number of hydrogen-bond acceptors (Lipinski definition) is 8. The van der Waals surface area contributed by atoms with Crippen LogP contribution in [0.3, 0.4) is 0 Å². The molecule has 3 heterocycles. The molecule has 9 aromatic rings. The van der Waals surface area contributed by atoms with Crippen LogP contribution in [0.15, 0.2) is 163 Å². The van der Waals surface area contributed by atoms with E-state index in [1.165, 1.54) is 24.3 Å². The first-order valence-corrected chi connectivity index (χ1v) is 22.6. The number of carbonyl (C=O) groups excluding carboxylic acids is 1. The summed E-state index contributed by atoms with van der Waals surface area (Å²) in [7, 11) is 3.18. The molecule has 1 aliphatic rings. The number of benzene rings is 7. The number of para-hydroxylation sites is 2. The average molecular weight is 945 g/mol. The van der Waals surface area contributed by atoms with Crippen molar-refractivity contribution < 1.29 is 32.5 Å². The Morgan fingerprint density at radius 2 is 1.46 bits per heavy atom. The molecule has 7 aromatic carbocycles. The van der Waals surface area contributed by atoms with Gasteiger partial charge in [-0.1, -0.05) is 47.9 Å². The number of nitrogens with zero attached hydrogens (tertiary/aromatic N) is 6. The molecular weight excluding hydrogens is 900 g/mol. The molecule has 0 spiro atoms. The predicted molar refractivity (Wildman–Crippen MR) is 263 cm³/mol. The average Bonchev–Trinajstić information content (AvgIpc) is 4.09. The summed E-state index contributed by atoms with van der Waals surface area (Å²) in [6.45, 7) is 3.89. The lowest BCUT2D eigenvalue weighted by Crippen LogP contribution is -2.47. The summed E-state index contributed by atoms with van der Waals surface area (Å²) in [6.07, 6.45) is 3.00. The van der Waals surface area contributed by atoms with E-state index in [4.69, 9.17) is 40.6 Å². The Kier molecular flexibility index (Phi) is 12.0. The Hall–Kier alpha value is -8.07. The molecule has 0 aliphatic carbocycles. The van der Waals surface area contributed by atoms with Crippen molar-refractivity contribution in [3.63, 3.8) is 0 Å². The lowest BCUT2D eigenvalue weighted by Gasteiger charge is -2.31. The van der Waals surface area contributed by atoms with Gasteiger partial charge >= 0.3 is 0 Å². The van der Waals surface area contributed by atoms with Crippen LogP contribution in [0.2, 0.25) is 5.02 Å². The zero-order valence-corrected chi connectivity index (χ0v) is 38.6. The highest BCUT2D eigenvalue weighted by Crippen LogP contribution is 2.46. The van der Waals surface area contributed by atoms with Crippen LogP contribution in [-0.2, 0) is 0 Å². The van der Waals surface area contributed by atoms with Gasteiger partial charge in [-0.15, -0.1) is 4.68 Å². The van der Waals surface area contributed by atoms with E-state index < -0.39 is 28.6 Å². The van der Waals surface area contributed by atoms with Gasteiger partial charge in [-0.05, 0) is 138 Å². The maximum Gasteiger partial charge on any atom is 0.293 e. The Morgan fingerprint density at radius 1 is 0.739 bits per heavy atom. The smallest absolute Gasteiger partial charge is 0.293 e. The number of imidazole rings is 1. The quantitative estimate of drug-likeness (QED) is 0.102. The zero-order chi connectivity index (χ0) is 47.8. The molecule has 4 atom stereocenters. The van der Waals surface area contributed by atoms with Crippen molar-refractivity contribution in [1.29, 1.82) is 0 Å². The molecule has 69 heavy (non-hydrogen) atoms. The lowest BCUT2D eigenvalue weighted by atomic mass is 10.0. The van der Waals surface area contributed by atoms with Crippen LogP contribution in [0.25, 0.3) is 27.6 Å². The third-order valence-corrected chi connectivity index (χ3v) is 12.4. The highest BCUT2D eigenvalue weighted by molar-refractivity contribution is 6.30. The van der Waals surface area contributed by atoms with E-state index in [2.05, 4.69) is 10.4 Å². The van der Waals surface area contributed by atoms with Crippen molar-refractivity contribution in [1.82, 2.24) is 29.5 Å². The van der Waals surface area contributed by atoms with Crippen LogP contribution >= 0.6 is 11.6 Å². The van der Waals surface area contributed by atoms with E-state index >= 15 is 4.79 Å². The van der Waals surface area contributed by atoms with Crippen molar-refractivity contribution in [3.05, 3.63) is 197 Å². The summed E-state index contributed by atoms with van der Waals surface area (Å²) < 4.78 is 56.0. The van der Waals surface area contributed by atoms with E-state index in [-0.39, 0.29) is 17.7 Å². The number of amides is 1. The second-order valence-corrected chi connectivity index (χ2v) is 17.0. The highest BCUT2D eigenvalue weighted by atomic mass is 35.5. The second-order valence-electron chi connectivity index (χ2n) is 16.5. The molecule has 346 valence electrons. The predicted octanol–water partition coefficient (Wildman–Crippen LogP) is 12.2. The largest absolute Gasteiger partial charge is 0.497 e. The first-order valence-electron chi connectivity index (χ1n) is 22.2. The summed E-state index contributed by atoms with van der Waals surface area (Å²) in [5.74, 6) is 1.09. The minimum absolute atomic E-state index is 0.0395. The SMILES string of the molecule is CC[C@@H](Oc1ccc2c(c1)C=N[N+]2(c1ccc(F)cc1)n1c(C(=O)N[C@@H](C)[C@H](Oc2ccc3c(cnn3-c3ccc(F)cc3)c2)c2cccc(OC)c2)nc2ccccc21)c1cc(Cl)cc(OC)c1. The first kappa shape index (κ1) is 44.7. The Bertz CT molecular complexity index is 3400. The molecule has 0 bridgehead atoms. The molecule has 10 rings (SSSR count). The molecule has 15 heteroatoms. The number of rotatable bonds is 15. The van der Waals surface area contributed by atoms with Crippen LogP contribution in [0.5, 0.6) is 23.0 Å². The third-order valence-electron chi connectivity index (χ3n) is 12.2. The van der Waals surface area contributed by atoms with Gasteiger partial charge in [0.25, 0.3) is 11.7 Å². The molecular formula is C54H45ClF2N7O5+. The third kappa shape index (κ3) is 8.49. The van der Waals surface area contributed by atoms with Gasteiger partial charge < -0.3 is 24.3 Å². The van der Waals surface area contributed by atoms with Crippen LogP contribution < -0.4 is 29.0 Å². The Balaban J connectivity index is 1.02. The molecule has 1 N–H and O–H groups in total. The fourth-order valence-electron chi connectivity index (χ4n) is 8.87. The molecule has 1 aliphatic heterocycles. The summed E-state index contributed by atoms with van der Waals surface area (Å²) >= 11 is 6.45. The Labute approximate surface area is 401 Å². The number of nitrogens with one attached hydrogen (secondary N) is 1. The van der Waals surface area contributed by atoms with E-state index in [9.17, 15) is 8.78 Å². The van der Waals surface area contributed by atoms with E-state index in [0.29, 0.717) is 68.1 Å². The van der Waals surface area contributed by atoms with E-state index in [1.54, 1.807) is 66.3 Å². The summed E-state index contributed by atoms with van der Waals surface area (Å²) in [4.78, 5) is 20.1. The topological polar surface area (TPSA) is 114 Å². The standard InChI is InChI=1S/C54H44ClF2N7O5/c1-5-51(35-25-38(55)30-46(27-35)67-4)68-44-22-24-50-37(29-44)32-59-64(50,42-19-15-40(57)16-20-42)63-49-12-7-6-11-47(49)61-53(63)54(65)60-33(2)52(34-9-8-10-43(26-34)66-3)69-45-21-23-48-36(28-45)31-58-62(48)41-17-13-39(56)14-18-41/h6-33,51-52H,5H2,1-4H3/p+1/t33-,51+,52-,64?/m0/s1. The van der Waals surface area contributed by atoms with Crippen molar-refractivity contribution in [2.75, 3.05) is 14.2 Å². The highest BCUT2D eigenvalue weighted by Gasteiger charge is 2.47.